The van der Waals surface area contributed by atoms with Crippen molar-refractivity contribution in [3.8, 4) is 11.7 Å². The van der Waals surface area contributed by atoms with Crippen LogP contribution in [0.1, 0.15) is 65.4 Å². The van der Waals surface area contributed by atoms with Crippen molar-refractivity contribution >= 4 is 16.8 Å². The number of aromatic hydroxyl groups is 1. The average Bonchev–Trinajstić information content (AvgIpc) is 2.84. The lowest BCUT2D eigenvalue weighted by molar-refractivity contribution is -0.114. The molecule has 0 spiro atoms. The molecule has 0 radical (unpaired) electrons. The maximum atomic E-state index is 12.9. The number of benzene rings is 1. The molecule has 0 fully saturated rings. The van der Waals surface area contributed by atoms with E-state index in [9.17, 15) is 14.7 Å². The van der Waals surface area contributed by atoms with Gasteiger partial charge in [0.2, 0.25) is 0 Å². The molecule has 0 saturated carbocycles. The Balaban J connectivity index is 1.77. The first-order chi connectivity index (χ1) is 13.6. The van der Waals surface area contributed by atoms with E-state index in [-0.39, 0.29) is 28.8 Å². The zero-order valence-electron chi connectivity index (χ0n) is 17.7. The molecule has 3 rings (SSSR count). The van der Waals surface area contributed by atoms with Crippen LogP contribution in [0.5, 0.6) is 11.7 Å². The summed E-state index contributed by atoms with van der Waals surface area (Å²) in [5, 5.41) is 10.1. The minimum Gasteiger partial charge on any atom is -0.508 e. The van der Waals surface area contributed by atoms with Gasteiger partial charge in [-0.25, -0.2) is 0 Å². The van der Waals surface area contributed by atoms with Gasteiger partial charge in [0.1, 0.15) is 16.9 Å². The summed E-state index contributed by atoms with van der Waals surface area (Å²) in [6.07, 6.45) is 5.56. The molecular weight excluding hydrogens is 368 g/mol. The number of carbonyl (C=O) groups excluding carboxylic acids is 1. The summed E-state index contributed by atoms with van der Waals surface area (Å²) in [6.45, 7) is 9.73. The lowest BCUT2D eigenvalue weighted by Gasteiger charge is -2.27. The summed E-state index contributed by atoms with van der Waals surface area (Å²) in [5.41, 5.74) is 2.19. The molecule has 1 aromatic carbocycles. The van der Waals surface area contributed by atoms with Gasteiger partial charge in [-0.2, -0.15) is 0 Å². The number of phenolic OH excluding ortho intramolecular Hbond substituents is 1. The van der Waals surface area contributed by atoms with Gasteiger partial charge in [-0.3, -0.25) is 9.59 Å². The Hall–Kier alpha value is -2.82. The van der Waals surface area contributed by atoms with Crippen LogP contribution in [0.15, 0.2) is 50.7 Å². The highest BCUT2D eigenvalue weighted by atomic mass is 16.6. The number of hydrogen-bond acceptors (Lipinski definition) is 5. The summed E-state index contributed by atoms with van der Waals surface area (Å²) in [7, 11) is 0. The van der Waals surface area contributed by atoms with Crippen molar-refractivity contribution in [2.45, 2.75) is 65.4 Å². The van der Waals surface area contributed by atoms with Crippen LogP contribution < -0.4 is 10.2 Å². The van der Waals surface area contributed by atoms with Crippen molar-refractivity contribution < 1.29 is 19.1 Å². The van der Waals surface area contributed by atoms with Gasteiger partial charge in [-0.05, 0) is 58.7 Å². The number of rotatable bonds is 6. The Morgan fingerprint density at radius 2 is 2.00 bits per heavy atom. The summed E-state index contributed by atoms with van der Waals surface area (Å²) in [5.74, 6) is 0.251. The fourth-order valence-electron chi connectivity index (χ4n) is 3.82. The number of phenols is 1. The first-order valence-corrected chi connectivity index (χ1v) is 9.93. The smallest absolute Gasteiger partial charge is 0.293 e. The molecule has 0 aliphatic carbocycles. The minimum atomic E-state index is -0.578. The summed E-state index contributed by atoms with van der Waals surface area (Å²) >= 11 is 0. The molecule has 1 aliphatic heterocycles. The Bertz CT molecular complexity index is 1070. The molecule has 0 amide bonds. The molecule has 0 unspecified atom stereocenters. The lowest BCUT2D eigenvalue weighted by atomic mass is 9.83. The third kappa shape index (κ3) is 4.29. The number of hydrogen-bond donors (Lipinski definition) is 1. The van der Waals surface area contributed by atoms with Crippen molar-refractivity contribution in [2.24, 2.45) is 0 Å². The van der Waals surface area contributed by atoms with E-state index in [0.717, 1.165) is 17.6 Å². The fraction of sp³-hybridized carbons (Fsp3) is 0.417. The maximum absolute atomic E-state index is 12.9. The highest BCUT2D eigenvalue weighted by Gasteiger charge is 2.45. The van der Waals surface area contributed by atoms with Gasteiger partial charge in [0.15, 0.2) is 11.2 Å². The van der Waals surface area contributed by atoms with Crippen LogP contribution in [0.4, 0.5) is 0 Å². The molecule has 2 atom stereocenters. The van der Waals surface area contributed by atoms with Crippen LogP contribution in [-0.4, -0.2) is 16.5 Å². The Kier molecular flexibility index (Phi) is 5.69. The number of carbonyl (C=O) groups is 1. The number of allylic oxidation sites excluding steroid dienone is 4. The van der Waals surface area contributed by atoms with Gasteiger partial charge in [0.05, 0.1) is 10.9 Å². The van der Waals surface area contributed by atoms with Crippen molar-refractivity contribution in [1.29, 1.82) is 0 Å². The minimum absolute atomic E-state index is 0.0395. The fourth-order valence-corrected chi connectivity index (χ4v) is 3.82. The quantitative estimate of drug-likeness (QED) is 0.522. The van der Waals surface area contributed by atoms with E-state index in [1.165, 1.54) is 12.1 Å². The monoisotopic (exact) mass is 396 g/mol. The second-order valence-corrected chi connectivity index (χ2v) is 8.40. The molecular formula is C24H28O5. The Labute approximate surface area is 170 Å². The number of fused-ring (bicyclic) bond motifs is 2. The van der Waals surface area contributed by atoms with Gasteiger partial charge < -0.3 is 14.3 Å². The SMILES string of the molecule is CC(C)=CC(=O)C/C(C)=C/CC[C@]1(C)Oc2oc3cc(O)ccc3c(=O)c2[C@@H]1C. The summed E-state index contributed by atoms with van der Waals surface area (Å²) in [6, 6.07) is 4.49. The lowest BCUT2D eigenvalue weighted by Crippen LogP contribution is -2.33. The van der Waals surface area contributed by atoms with Gasteiger partial charge >= 0.3 is 0 Å². The van der Waals surface area contributed by atoms with E-state index in [1.54, 1.807) is 12.1 Å². The molecule has 1 aromatic heterocycles. The predicted molar refractivity (Wildman–Crippen MR) is 114 cm³/mol. The topological polar surface area (TPSA) is 76.7 Å². The summed E-state index contributed by atoms with van der Waals surface area (Å²) in [4.78, 5) is 24.9. The van der Waals surface area contributed by atoms with Crippen LogP contribution in [0, 0.1) is 0 Å². The first kappa shape index (κ1) is 20.9. The molecule has 2 aromatic rings. The van der Waals surface area contributed by atoms with E-state index in [1.807, 2.05) is 34.6 Å². The largest absolute Gasteiger partial charge is 0.508 e. The van der Waals surface area contributed by atoms with E-state index in [4.69, 9.17) is 9.15 Å². The molecule has 154 valence electrons. The highest BCUT2D eigenvalue weighted by molar-refractivity contribution is 5.91. The van der Waals surface area contributed by atoms with Gasteiger partial charge in [-0.1, -0.05) is 24.1 Å². The predicted octanol–water partition coefficient (Wildman–Crippen LogP) is 5.41. The van der Waals surface area contributed by atoms with Gasteiger partial charge in [-0.15, -0.1) is 0 Å². The van der Waals surface area contributed by atoms with Gasteiger partial charge in [0, 0.05) is 18.4 Å². The molecule has 0 bridgehead atoms. The van der Waals surface area contributed by atoms with Crippen molar-refractivity contribution in [1.82, 2.24) is 0 Å². The second-order valence-electron chi connectivity index (χ2n) is 8.40. The first-order valence-electron chi connectivity index (χ1n) is 9.93. The van der Waals surface area contributed by atoms with Crippen LogP contribution in [0.2, 0.25) is 0 Å². The van der Waals surface area contributed by atoms with E-state index < -0.39 is 5.60 Å². The van der Waals surface area contributed by atoms with Crippen molar-refractivity contribution in [2.75, 3.05) is 0 Å². The highest BCUT2D eigenvalue weighted by Crippen LogP contribution is 2.46. The van der Waals surface area contributed by atoms with Crippen molar-refractivity contribution in [3.05, 3.63) is 57.3 Å². The number of ketones is 1. The molecule has 5 heteroatoms. The Morgan fingerprint density at radius 1 is 1.28 bits per heavy atom. The van der Waals surface area contributed by atoms with Gasteiger partial charge in [0.25, 0.3) is 5.95 Å². The molecule has 2 heterocycles. The van der Waals surface area contributed by atoms with Crippen LogP contribution >= 0.6 is 0 Å². The zero-order chi connectivity index (χ0) is 21.3. The summed E-state index contributed by atoms with van der Waals surface area (Å²) < 4.78 is 11.9. The van der Waals surface area contributed by atoms with E-state index in [2.05, 4.69) is 6.08 Å². The standard InChI is InChI=1S/C24H28O5/c1-14(2)11-18(26)12-15(3)7-6-10-24(5)16(4)21-22(27)19-9-8-17(25)13-20(19)28-23(21)29-24/h7-9,11,13,16,25H,6,10,12H2,1-5H3/b15-7+/t16-,24-/m0/s1. The molecule has 5 nitrogen and oxygen atoms in total. The maximum Gasteiger partial charge on any atom is 0.293 e. The molecule has 29 heavy (non-hydrogen) atoms. The second kappa shape index (κ2) is 7.90. The van der Waals surface area contributed by atoms with Crippen molar-refractivity contribution in [3.63, 3.8) is 0 Å². The number of ether oxygens (including phenoxy) is 1. The third-order valence-electron chi connectivity index (χ3n) is 5.59. The molecule has 1 N–H and O–H groups in total. The van der Waals surface area contributed by atoms with Crippen LogP contribution in [-0.2, 0) is 4.79 Å². The van der Waals surface area contributed by atoms with Crippen LogP contribution in [0.25, 0.3) is 11.0 Å². The Morgan fingerprint density at radius 3 is 2.69 bits per heavy atom. The molecule has 0 saturated heterocycles. The normalized spacial score (nSPS) is 21.0. The van der Waals surface area contributed by atoms with E-state index >= 15 is 0 Å². The zero-order valence-corrected chi connectivity index (χ0v) is 17.7. The van der Waals surface area contributed by atoms with E-state index in [0.29, 0.717) is 29.4 Å². The third-order valence-corrected chi connectivity index (χ3v) is 5.59. The average molecular weight is 396 g/mol. The van der Waals surface area contributed by atoms with Crippen LogP contribution in [0.3, 0.4) is 0 Å². The molecule has 1 aliphatic rings.